The summed E-state index contributed by atoms with van der Waals surface area (Å²) in [5.74, 6) is 0.0232. The van der Waals surface area contributed by atoms with Gasteiger partial charge in [-0.25, -0.2) is 0 Å². The van der Waals surface area contributed by atoms with E-state index >= 15 is 0 Å². The first-order valence-electron chi connectivity index (χ1n) is 6.87. The minimum absolute atomic E-state index is 0. The van der Waals surface area contributed by atoms with Crippen LogP contribution in [0.2, 0.25) is 0 Å². The number of hydrogen-bond acceptors (Lipinski definition) is 5. The lowest BCUT2D eigenvalue weighted by Gasteiger charge is -2.35. The number of hydrogen-bond donors (Lipinski definition) is 1. The first-order valence-corrected chi connectivity index (χ1v) is 8.56. The number of carbonyl (C=O) groups is 2. The van der Waals surface area contributed by atoms with Gasteiger partial charge in [0, 0.05) is 35.6 Å². The van der Waals surface area contributed by atoms with Gasteiger partial charge in [0.25, 0.3) is 5.91 Å². The van der Waals surface area contributed by atoms with Gasteiger partial charge in [0.1, 0.15) is 0 Å². The van der Waals surface area contributed by atoms with Crippen molar-refractivity contribution in [3.63, 3.8) is 0 Å². The van der Waals surface area contributed by atoms with E-state index in [1.165, 1.54) is 11.3 Å². The van der Waals surface area contributed by atoms with E-state index in [4.69, 9.17) is 5.73 Å². The summed E-state index contributed by atoms with van der Waals surface area (Å²) in [6.45, 7) is 3.96. The van der Waals surface area contributed by atoms with E-state index in [1.807, 2.05) is 22.4 Å². The Morgan fingerprint density at radius 2 is 1.82 bits per heavy atom. The van der Waals surface area contributed by atoms with Crippen LogP contribution in [-0.4, -0.2) is 53.8 Å². The van der Waals surface area contributed by atoms with Crippen LogP contribution < -0.4 is 5.73 Å². The van der Waals surface area contributed by atoms with Crippen molar-refractivity contribution in [2.75, 3.05) is 26.2 Å². The maximum atomic E-state index is 12.5. The van der Waals surface area contributed by atoms with E-state index in [0.29, 0.717) is 26.2 Å². The van der Waals surface area contributed by atoms with Gasteiger partial charge < -0.3 is 15.5 Å². The van der Waals surface area contributed by atoms with Crippen LogP contribution in [-0.2, 0) is 4.79 Å². The Morgan fingerprint density at radius 1 is 1.18 bits per heavy atom. The summed E-state index contributed by atoms with van der Waals surface area (Å²) in [5, 5.41) is 2.04. The number of piperazine rings is 1. The van der Waals surface area contributed by atoms with Crippen LogP contribution in [0.1, 0.15) is 16.6 Å². The van der Waals surface area contributed by atoms with Crippen LogP contribution in [0.4, 0.5) is 0 Å². The van der Waals surface area contributed by atoms with Gasteiger partial charge in [0.05, 0.1) is 10.9 Å². The average Bonchev–Trinajstić information content (AvgIpc) is 3.07. The number of nitrogens with zero attached hydrogens (tertiary/aromatic N) is 2. The second-order valence-electron chi connectivity index (χ2n) is 5.17. The predicted molar refractivity (Wildman–Crippen MR) is 93.1 cm³/mol. The molecular formula is C14H18ClN3O2S2. The number of fused-ring (bicyclic) bond motifs is 1. The third-order valence-corrected chi connectivity index (χ3v) is 5.70. The number of thiophene rings is 2. The summed E-state index contributed by atoms with van der Waals surface area (Å²) >= 11 is 3.19. The molecule has 0 saturated carbocycles. The molecule has 1 aliphatic heterocycles. The highest BCUT2D eigenvalue weighted by Crippen LogP contribution is 2.30. The van der Waals surface area contributed by atoms with Crippen LogP contribution in [0.5, 0.6) is 0 Å². The lowest BCUT2D eigenvalue weighted by atomic mass is 10.2. The number of rotatable bonds is 2. The summed E-state index contributed by atoms with van der Waals surface area (Å²) in [6, 6.07) is 3.53. The molecule has 2 aromatic rings. The molecule has 1 aliphatic rings. The second-order valence-corrected chi connectivity index (χ2v) is 7.20. The van der Waals surface area contributed by atoms with Gasteiger partial charge in [0.15, 0.2) is 0 Å². The summed E-state index contributed by atoms with van der Waals surface area (Å²) in [6.07, 6.45) is 0. The molecule has 0 unspecified atom stereocenters. The first kappa shape index (κ1) is 17.2. The minimum Gasteiger partial charge on any atom is -0.338 e. The summed E-state index contributed by atoms with van der Waals surface area (Å²) < 4.78 is 2.32. The smallest absolute Gasteiger partial charge is 0.264 e. The van der Waals surface area contributed by atoms with Crippen molar-refractivity contribution in [3.8, 4) is 0 Å². The number of amides is 2. The van der Waals surface area contributed by atoms with E-state index < -0.39 is 6.04 Å². The van der Waals surface area contributed by atoms with Crippen molar-refractivity contribution in [3.05, 3.63) is 22.4 Å². The Labute approximate surface area is 143 Å². The highest BCUT2D eigenvalue weighted by Gasteiger charge is 2.26. The molecule has 0 radical (unpaired) electrons. The molecule has 22 heavy (non-hydrogen) atoms. The maximum absolute atomic E-state index is 12.5. The van der Waals surface area contributed by atoms with Crippen molar-refractivity contribution in [2.45, 2.75) is 13.0 Å². The molecule has 3 heterocycles. The van der Waals surface area contributed by atoms with Crippen LogP contribution >= 0.6 is 35.1 Å². The molecule has 0 bridgehead atoms. The SMILES string of the molecule is C[C@H](N)C(=O)N1CCN(C(=O)c2cc3sccc3s2)CC1.Cl. The van der Waals surface area contributed by atoms with Crippen LogP contribution in [0.15, 0.2) is 17.5 Å². The molecule has 1 fully saturated rings. The molecule has 120 valence electrons. The third-order valence-electron chi connectivity index (χ3n) is 3.62. The van der Waals surface area contributed by atoms with E-state index in [0.717, 1.165) is 14.3 Å². The minimum atomic E-state index is -0.476. The van der Waals surface area contributed by atoms with Crippen molar-refractivity contribution in [1.29, 1.82) is 0 Å². The van der Waals surface area contributed by atoms with Gasteiger partial charge in [-0.05, 0) is 24.4 Å². The van der Waals surface area contributed by atoms with E-state index in [2.05, 4.69) is 0 Å². The second kappa shape index (κ2) is 6.95. The summed E-state index contributed by atoms with van der Waals surface area (Å²) in [7, 11) is 0. The van der Waals surface area contributed by atoms with Crippen molar-refractivity contribution >= 4 is 56.3 Å². The van der Waals surface area contributed by atoms with Crippen molar-refractivity contribution < 1.29 is 9.59 Å². The van der Waals surface area contributed by atoms with E-state index in [9.17, 15) is 9.59 Å². The maximum Gasteiger partial charge on any atom is 0.264 e. The normalized spacial score (nSPS) is 16.5. The molecule has 1 saturated heterocycles. The molecule has 0 aromatic carbocycles. The number of carbonyl (C=O) groups excluding carboxylic acids is 2. The van der Waals surface area contributed by atoms with Gasteiger partial charge in [0.2, 0.25) is 5.91 Å². The Morgan fingerprint density at radius 3 is 2.41 bits per heavy atom. The van der Waals surface area contributed by atoms with Crippen molar-refractivity contribution in [1.82, 2.24) is 9.80 Å². The van der Waals surface area contributed by atoms with Gasteiger partial charge in [-0.1, -0.05) is 0 Å². The van der Waals surface area contributed by atoms with E-state index in [-0.39, 0.29) is 24.2 Å². The Hall–Kier alpha value is -1.15. The third kappa shape index (κ3) is 3.27. The lowest BCUT2D eigenvalue weighted by Crippen LogP contribution is -2.53. The standard InChI is InChI=1S/C14H17N3O2S2.ClH/c1-9(15)13(18)16-3-5-17(6-4-16)14(19)12-8-11-10(21-12)2-7-20-11;/h2,7-9H,3-6,15H2,1H3;1H/t9-;/m0./s1. The largest absolute Gasteiger partial charge is 0.338 e. The highest BCUT2D eigenvalue weighted by atomic mass is 35.5. The fraction of sp³-hybridized carbons (Fsp3) is 0.429. The predicted octanol–water partition coefficient (Wildman–Crippen LogP) is 2.02. The molecule has 2 aromatic heterocycles. The molecule has 2 N–H and O–H groups in total. The summed E-state index contributed by atoms with van der Waals surface area (Å²) in [5.41, 5.74) is 5.61. The van der Waals surface area contributed by atoms with Crippen LogP contribution in [0, 0.1) is 0 Å². The van der Waals surface area contributed by atoms with Crippen molar-refractivity contribution in [2.24, 2.45) is 5.73 Å². The molecular weight excluding hydrogens is 342 g/mol. The number of nitrogens with two attached hydrogens (primary N) is 1. The Bertz CT molecular complexity index is 646. The molecule has 5 nitrogen and oxygen atoms in total. The number of halogens is 1. The zero-order valence-electron chi connectivity index (χ0n) is 12.2. The topological polar surface area (TPSA) is 66.6 Å². The Balaban J connectivity index is 0.00000176. The molecule has 2 amide bonds. The fourth-order valence-corrected chi connectivity index (χ4v) is 4.52. The lowest BCUT2D eigenvalue weighted by molar-refractivity contribution is -0.133. The molecule has 3 rings (SSSR count). The van der Waals surface area contributed by atoms with Crippen LogP contribution in [0.25, 0.3) is 9.40 Å². The van der Waals surface area contributed by atoms with Gasteiger partial charge >= 0.3 is 0 Å². The van der Waals surface area contributed by atoms with Crippen LogP contribution in [0.3, 0.4) is 0 Å². The fourth-order valence-electron chi connectivity index (χ4n) is 2.44. The monoisotopic (exact) mass is 359 g/mol. The quantitative estimate of drug-likeness (QED) is 0.892. The summed E-state index contributed by atoms with van der Waals surface area (Å²) in [4.78, 5) is 28.7. The highest BCUT2D eigenvalue weighted by molar-refractivity contribution is 7.27. The van der Waals surface area contributed by atoms with Gasteiger partial charge in [-0.2, -0.15) is 0 Å². The molecule has 1 atom stereocenters. The van der Waals surface area contributed by atoms with E-state index in [1.54, 1.807) is 23.2 Å². The molecule has 0 aliphatic carbocycles. The first-order chi connectivity index (χ1) is 10.1. The molecule has 8 heteroatoms. The zero-order chi connectivity index (χ0) is 15.0. The zero-order valence-corrected chi connectivity index (χ0v) is 14.6. The van der Waals surface area contributed by atoms with Gasteiger partial charge in [-0.15, -0.1) is 35.1 Å². The average molecular weight is 360 g/mol. The van der Waals surface area contributed by atoms with Gasteiger partial charge in [-0.3, -0.25) is 9.59 Å². The Kier molecular flexibility index (Phi) is 5.44. The molecule has 0 spiro atoms.